The number of carbonyl (C=O) groups is 2. The molecule has 2 aromatic rings. The van der Waals surface area contributed by atoms with Crippen molar-refractivity contribution < 1.29 is 14.3 Å². The van der Waals surface area contributed by atoms with Crippen LogP contribution in [0.1, 0.15) is 30.6 Å². The van der Waals surface area contributed by atoms with Gasteiger partial charge in [0, 0.05) is 23.5 Å². The summed E-state index contributed by atoms with van der Waals surface area (Å²) in [5, 5.41) is 8.67. The Morgan fingerprint density at radius 2 is 1.58 bits per heavy atom. The first-order chi connectivity index (χ1) is 12.6. The number of benzene rings is 2. The van der Waals surface area contributed by atoms with Crippen LogP contribution in [0, 0.1) is 0 Å². The number of hydrogen-bond acceptors (Lipinski definition) is 4. The highest BCUT2D eigenvalue weighted by Gasteiger charge is 2.07. The van der Waals surface area contributed by atoms with Crippen molar-refractivity contribution in [2.24, 2.45) is 0 Å². The fourth-order valence-electron chi connectivity index (χ4n) is 2.25. The fraction of sp³-hybridized carbons (Fsp3) is 0.300. The van der Waals surface area contributed by atoms with Gasteiger partial charge in [-0.3, -0.25) is 9.59 Å². The zero-order valence-corrected chi connectivity index (χ0v) is 15.2. The van der Waals surface area contributed by atoms with Crippen LogP contribution in [0.3, 0.4) is 0 Å². The van der Waals surface area contributed by atoms with E-state index in [1.807, 2.05) is 26.0 Å². The van der Waals surface area contributed by atoms with Gasteiger partial charge >= 0.3 is 0 Å². The molecule has 0 aliphatic carbocycles. The number of nitrogens with one attached hydrogen (secondary N) is 3. The van der Waals surface area contributed by atoms with Crippen LogP contribution >= 0.6 is 0 Å². The molecule has 0 unspecified atom stereocenters. The smallest absolute Gasteiger partial charge is 0.255 e. The van der Waals surface area contributed by atoms with Gasteiger partial charge in [0.1, 0.15) is 5.75 Å². The molecular weight excluding hydrogens is 330 g/mol. The molecule has 0 aromatic heterocycles. The number of ether oxygens (including phenoxy) is 1. The summed E-state index contributed by atoms with van der Waals surface area (Å²) in [5.41, 5.74) is 2.03. The average molecular weight is 355 g/mol. The molecule has 2 amide bonds. The van der Waals surface area contributed by atoms with Crippen molar-refractivity contribution in [1.82, 2.24) is 5.32 Å². The van der Waals surface area contributed by atoms with Gasteiger partial charge in [-0.15, -0.1) is 0 Å². The van der Waals surface area contributed by atoms with Crippen LogP contribution in [-0.4, -0.2) is 31.5 Å². The first-order valence-corrected chi connectivity index (χ1v) is 8.77. The lowest BCUT2D eigenvalue weighted by Gasteiger charge is -2.09. The zero-order chi connectivity index (χ0) is 18.8. The summed E-state index contributed by atoms with van der Waals surface area (Å²) in [6.45, 7) is 5.41. The number of carbonyl (C=O) groups excluding carboxylic acids is 2. The van der Waals surface area contributed by atoms with E-state index >= 15 is 0 Å². The maximum atomic E-state index is 12.3. The largest absolute Gasteiger partial charge is 0.494 e. The molecule has 0 fully saturated rings. The van der Waals surface area contributed by atoms with Gasteiger partial charge in [-0.25, -0.2) is 0 Å². The molecule has 0 atom stereocenters. The molecule has 0 saturated carbocycles. The van der Waals surface area contributed by atoms with Crippen molar-refractivity contribution >= 4 is 23.2 Å². The van der Waals surface area contributed by atoms with Crippen molar-refractivity contribution in [3.63, 3.8) is 0 Å². The quantitative estimate of drug-likeness (QED) is 0.645. The molecule has 26 heavy (non-hydrogen) atoms. The highest BCUT2D eigenvalue weighted by molar-refractivity contribution is 6.04. The van der Waals surface area contributed by atoms with E-state index in [2.05, 4.69) is 16.0 Å². The summed E-state index contributed by atoms with van der Waals surface area (Å²) >= 11 is 0. The van der Waals surface area contributed by atoms with Crippen molar-refractivity contribution in [2.75, 3.05) is 30.3 Å². The summed E-state index contributed by atoms with van der Waals surface area (Å²) in [4.78, 5) is 23.9. The lowest BCUT2D eigenvalue weighted by Crippen LogP contribution is -2.30. The Hall–Kier alpha value is -3.02. The predicted octanol–water partition coefficient (Wildman–Crippen LogP) is 3.28. The van der Waals surface area contributed by atoms with E-state index in [-0.39, 0.29) is 18.4 Å². The molecule has 0 bridgehead atoms. The number of rotatable bonds is 9. The molecule has 0 aliphatic rings. The number of anilines is 2. The Morgan fingerprint density at radius 3 is 2.19 bits per heavy atom. The molecule has 6 nitrogen and oxygen atoms in total. The van der Waals surface area contributed by atoms with Crippen LogP contribution in [0.5, 0.6) is 5.75 Å². The van der Waals surface area contributed by atoms with Gasteiger partial charge < -0.3 is 20.7 Å². The van der Waals surface area contributed by atoms with Crippen molar-refractivity contribution in [3.8, 4) is 5.75 Å². The zero-order valence-electron chi connectivity index (χ0n) is 15.2. The van der Waals surface area contributed by atoms with E-state index in [0.717, 1.165) is 17.9 Å². The normalized spacial score (nSPS) is 10.1. The molecular formula is C20H25N3O3. The highest BCUT2D eigenvalue weighted by atomic mass is 16.5. The first kappa shape index (κ1) is 19.3. The van der Waals surface area contributed by atoms with Gasteiger partial charge in [0.25, 0.3) is 5.91 Å². The van der Waals surface area contributed by atoms with Gasteiger partial charge in [0.15, 0.2) is 0 Å². The van der Waals surface area contributed by atoms with Gasteiger partial charge in [0.05, 0.1) is 13.2 Å². The van der Waals surface area contributed by atoms with E-state index in [9.17, 15) is 9.59 Å². The standard InChI is InChI=1S/C20H25N3O3/c1-3-13-21-19(24)14-22-16-7-5-15(6-8-16)20(25)23-17-9-11-18(12-10-17)26-4-2/h5-12,22H,3-4,13-14H2,1-2H3,(H,21,24)(H,23,25). The summed E-state index contributed by atoms with van der Waals surface area (Å²) in [5.74, 6) is 0.523. The lowest BCUT2D eigenvalue weighted by molar-refractivity contribution is -0.119. The maximum Gasteiger partial charge on any atom is 0.255 e. The van der Waals surface area contributed by atoms with Crippen LogP contribution in [0.25, 0.3) is 0 Å². The van der Waals surface area contributed by atoms with E-state index in [1.165, 1.54) is 0 Å². The Balaban J connectivity index is 1.86. The Morgan fingerprint density at radius 1 is 0.923 bits per heavy atom. The molecule has 138 valence electrons. The van der Waals surface area contributed by atoms with Gasteiger partial charge in [0.2, 0.25) is 5.91 Å². The lowest BCUT2D eigenvalue weighted by atomic mass is 10.2. The third kappa shape index (κ3) is 6.12. The summed E-state index contributed by atoms with van der Waals surface area (Å²) in [6, 6.07) is 14.2. The minimum absolute atomic E-state index is 0.0517. The van der Waals surface area contributed by atoms with Crippen LogP contribution in [-0.2, 0) is 4.79 Å². The molecule has 0 saturated heterocycles. The third-order valence-corrected chi connectivity index (χ3v) is 3.60. The molecule has 3 N–H and O–H groups in total. The average Bonchev–Trinajstić information content (AvgIpc) is 2.67. The van der Waals surface area contributed by atoms with Crippen LogP contribution < -0.4 is 20.7 Å². The Labute approximate surface area is 153 Å². The second-order valence-electron chi connectivity index (χ2n) is 5.69. The first-order valence-electron chi connectivity index (χ1n) is 8.77. The van der Waals surface area contributed by atoms with Crippen LogP contribution in [0.4, 0.5) is 11.4 Å². The van der Waals surface area contributed by atoms with E-state index in [0.29, 0.717) is 24.4 Å². The molecule has 6 heteroatoms. The maximum absolute atomic E-state index is 12.3. The third-order valence-electron chi connectivity index (χ3n) is 3.60. The molecule has 0 aliphatic heterocycles. The van der Waals surface area contributed by atoms with E-state index in [4.69, 9.17) is 4.74 Å². The van der Waals surface area contributed by atoms with Crippen molar-refractivity contribution in [2.45, 2.75) is 20.3 Å². The van der Waals surface area contributed by atoms with Crippen LogP contribution in [0.15, 0.2) is 48.5 Å². The van der Waals surface area contributed by atoms with Gasteiger partial charge in [-0.05, 0) is 61.9 Å². The second-order valence-corrected chi connectivity index (χ2v) is 5.69. The second kappa shape index (κ2) is 10.1. The molecule has 0 spiro atoms. The van der Waals surface area contributed by atoms with E-state index in [1.54, 1.807) is 36.4 Å². The molecule has 2 rings (SSSR count). The van der Waals surface area contributed by atoms with Crippen LogP contribution in [0.2, 0.25) is 0 Å². The molecule has 2 aromatic carbocycles. The van der Waals surface area contributed by atoms with E-state index < -0.39 is 0 Å². The Kier molecular flexibility index (Phi) is 7.49. The summed E-state index contributed by atoms with van der Waals surface area (Å²) < 4.78 is 5.38. The topological polar surface area (TPSA) is 79.5 Å². The number of amides is 2. The molecule has 0 heterocycles. The monoisotopic (exact) mass is 355 g/mol. The van der Waals surface area contributed by atoms with Gasteiger partial charge in [-0.1, -0.05) is 6.92 Å². The van der Waals surface area contributed by atoms with Crippen molar-refractivity contribution in [3.05, 3.63) is 54.1 Å². The predicted molar refractivity (Wildman–Crippen MR) is 104 cm³/mol. The van der Waals surface area contributed by atoms with Gasteiger partial charge in [-0.2, -0.15) is 0 Å². The SMILES string of the molecule is CCCNC(=O)CNc1ccc(C(=O)Nc2ccc(OCC)cc2)cc1. The minimum atomic E-state index is -0.193. The highest BCUT2D eigenvalue weighted by Crippen LogP contribution is 2.17. The van der Waals surface area contributed by atoms with Crippen molar-refractivity contribution in [1.29, 1.82) is 0 Å². The fourth-order valence-corrected chi connectivity index (χ4v) is 2.25. The summed E-state index contributed by atoms with van der Waals surface area (Å²) in [7, 11) is 0. The summed E-state index contributed by atoms with van der Waals surface area (Å²) in [6.07, 6.45) is 0.907. The minimum Gasteiger partial charge on any atom is -0.494 e. The number of hydrogen-bond donors (Lipinski definition) is 3. The molecule has 0 radical (unpaired) electrons. The Bertz CT molecular complexity index is 712.